The van der Waals surface area contributed by atoms with Crippen LogP contribution in [0.2, 0.25) is 0 Å². The van der Waals surface area contributed by atoms with Crippen molar-refractivity contribution in [3.05, 3.63) is 23.4 Å². The Morgan fingerprint density at radius 2 is 2.11 bits per heavy atom. The van der Waals surface area contributed by atoms with Gasteiger partial charge in [0, 0.05) is 6.04 Å². The monoisotopic (exact) mass is 123 g/mol. The normalized spacial score (nSPS) is 26.3. The summed E-state index contributed by atoms with van der Waals surface area (Å²) < 4.78 is 0. The topological polar surface area (TPSA) is 12.0 Å². The smallest absolute Gasteiger partial charge is 0.0442 e. The molecule has 9 heavy (non-hydrogen) atoms. The molecular weight excluding hydrogens is 110 g/mol. The zero-order valence-corrected chi connectivity index (χ0v) is 6.23. The molecule has 0 aromatic heterocycles. The Labute approximate surface area is 56.5 Å². The predicted molar refractivity (Wildman–Crippen MR) is 40.1 cm³/mol. The Morgan fingerprint density at radius 1 is 1.44 bits per heavy atom. The van der Waals surface area contributed by atoms with Crippen LogP contribution < -0.4 is 5.32 Å². The highest BCUT2D eigenvalue weighted by molar-refractivity contribution is 5.29. The van der Waals surface area contributed by atoms with Crippen molar-refractivity contribution in [3.63, 3.8) is 0 Å². The van der Waals surface area contributed by atoms with E-state index in [1.165, 1.54) is 11.1 Å². The van der Waals surface area contributed by atoms with Gasteiger partial charge in [-0.2, -0.15) is 0 Å². The van der Waals surface area contributed by atoms with Crippen molar-refractivity contribution >= 4 is 0 Å². The molecule has 0 unspecified atom stereocenters. The lowest BCUT2D eigenvalue weighted by Crippen LogP contribution is -2.24. The Hall–Kier alpha value is -0.720. The Bertz CT molecular complexity index is 165. The van der Waals surface area contributed by atoms with Crippen LogP contribution in [0.15, 0.2) is 23.4 Å². The molecule has 0 amide bonds. The fourth-order valence-electron chi connectivity index (χ4n) is 0.915. The van der Waals surface area contributed by atoms with Crippen LogP contribution in [-0.4, -0.2) is 6.04 Å². The van der Waals surface area contributed by atoms with E-state index in [-0.39, 0.29) is 0 Å². The van der Waals surface area contributed by atoms with E-state index < -0.39 is 0 Å². The number of dihydropyridines is 1. The molecule has 50 valence electrons. The highest BCUT2D eigenvalue weighted by Crippen LogP contribution is 2.12. The van der Waals surface area contributed by atoms with Crippen molar-refractivity contribution in [1.29, 1.82) is 0 Å². The van der Waals surface area contributed by atoms with E-state index in [1.54, 1.807) is 0 Å². The molecular formula is C8H13N. The number of hydrogen-bond donors (Lipinski definition) is 1. The minimum absolute atomic E-state index is 0.523. The van der Waals surface area contributed by atoms with Crippen LogP contribution in [0.3, 0.4) is 0 Å². The van der Waals surface area contributed by atoms with Crippen molar-refractivity contribution in [2.45, 2.75) is 26.8 Å². The first kappa shape index (κ1) is 6.40. The summed E-state index contributed by atoms with van der Waals surface area (Å²) >= 11 is 0. The molecule has 1 aliphatic rings. The average Bonchev–Trinajstić information content (AvgIpc) is 1.83. The third-order valence-corrected chi connectivity index (χ3v) is 1.95. The molecule has 0 aromatic rings. The molecule has 0 spiro atoms. The fraction of sp³-hybridized carbons (Fsp3) is 0.500. The molecule has 1 heterocycles. The van der Waals surface area contributed by atoms with E-state index in [2.05, 4.69) is 32.2 Å². The van der Waals surface area contributed by atoms with Gasteiger partial charge < -0.3 is 5.32 Å². The molecule has 1 aliphatic heterocycles. The first-order valence-electron chi connectivity index (χ1n) is 3.32. The highest BCUT2D eigenvalue weighted by Gasteiger charge is 2.06. The minimum atomic E-state index is 0.523. The second-order valence-corrected chi connectivity index (χ2v) is 2.59. The van der Waals surface area contributed by atoms with E-state index >= 15 is 0 Å². The number of allylic oxidation sites excluding steroid dienone is 2. The third-order valence-electron chi connectivity index (χ3n) is 1.95. The van der Waals surface area contributed by atoms with Crippen molar-refractivity contribution in [1.82, 2.24) is 5.32 Å². The van der Waals surface area contributed by atoms with E-state index in [1.807, 2.05) is 6.20 Å². The third kappa shape index (κ3) is 1.15. The standard InChI is InChI=1S/C8H13N/c1-6-4-5-9-8(3)7(6)2/h4-5,8-9H,1-3H3/t8-/m0/s1. The van der Waals surface area contributed by atoms with Gasteiger partial charge in [-0.05, 0) is 44.2 Å². The quantitative estimate of drug-likeness (QED) is 0.518. The molecule has 1 nitrogen and oxygen atoms in total. The summed E-state index contributed by atoms with van der Waals surface area (Å²) in [7, 11) is 0. The minimum Gasteiger partial charge on any atom is -0.385 e. The largest absolute Gasteiger partial charge is 0.385 e. The Morgan fingerprint density at radius 3 is 2.56 bits per heavy atom. The molecule has 1 heteroatoms. The summed E-state index contributed by atoms with van der Waals surface area (Å²) in [5.74, 6) is 0. The van der Waals surface area contributed by atoms with Crippen LogP contribution in [0.5, 0.6) is 0 Å². The van der Waals surface area contributed by atoms with E-state index in [4.69, 9.17) is 0 Å². The summed E-state index contributed by atoms with van der Waals surface area (Å²) in [5.41, 5.74) is 2.83. The van der Waals surface area contributed by atoms with Crippen LogP contribution in [0, 0.1) is 0 Å². The van der Waals surface area contributed by atoms with Crippen molar-refractivity contribution in [3.8, 4) is 0 Å². The zero-order valence-electron chi connectivity index (χ0n) is 6.23. The molecule has 0 aliphatic carbocycles. The lowest BCUT2D eigenvalue weighted by molar-refractivity contribution is 0.709. The molecule has 0 saturated carbocycles. The van der Waals surface area contributed by atoms with Crippen molar-refractivity contribution in [2.24, 2.45) is 0 Å². The molecule has 0 aromatic carbocycles. The van der Waals surface area contributed by atoms with Gasteiger partial charge in [0.2, 0.25) is 0 Å². The second-order valence-electron chi connectivity index (χ2n) is 2.59. The SMILES string of the molecule is CC1=C(C)[C@H](C)NC=C1. The van der Waals surface area contributed by atoms with Crippen LogP contribution >= 0.6 is 0 Å². The molecule has 1 rings (SSSR count). The summed E-state index contributed by atoms with van der Waals surface area (Å²) in [6.07, 6.45) is 4.11. The number of hydrogen-bond acceptors (Lipinski definition) is 1. The van der Waals surface area contributed by atoms with Gasteiger partial charge in [-0.3, -0.25) is 0 Å². The van der Waals surface area contributed by atoms with Gasteiger partial charge in [-0.1, -0.05) is 0 Å². The van der Waals surface area contributed by atoms with Gasteiger partial charge in [0.25, 0.3) is 0 Å². The molecule has 0 fully saturated rings. The molecule has 0 radical (unpaired) electrons. The average molecular weight is 123 g/mol. The highest BCUT2D eigenvalue weighted by atomic mass is 14.9. The fourth-order valence-corrected chi connectivity index (χ4v) is 0.915. The Balaban J connectivity index is 2.83. The Kier molecular flexibility index (Phi) is 1.60. The molecule has 0 bridgehead atoms. The van der Waals surface area contributed by atoms with Crippen LogP contribution in [0.25, 0.3) is 0 Å². The van der Waals surface area contributed by atoms with Gasteiger partial charge in [0.05, 0.1) is 0 Å². The maximum atomic E-state index is 3.22. The zero-order chi connectivity index (χ0) is 6.85. The van der Waals surface area contributed by atoms with Crippen LogP contribution in [0.1, 0.15) is 20.8 Å². The summed E-state index contributed by atoms with van der Waals surface area (Å²) in [6.45, 7) is 6.47. The van der Waals surface area contributed by atoms with Crippen LogP contribution in [0.4, 0.5) is 0 Å². The van der Waals surface area contributed by atoms with Gasteiger partial charge in [-0.25, -0.2) is 0 Å². The lowest BCUT2D eigenvalue weighted by atomic mass is 10.0. The van der Waals surface area contributed by atoms with Gasteiger partial charge in [0.1, 0.15) is 0 Å². The van der Waals surface area contributed by atoms with E-state index in [0.29, 0.717) is 6.04 Å². The summed E-state index contributed by atoms with van der Waals surface area (Å²) in [4.78, 5) is 0. The molecule has 1 N–H and O–H groups in total. The van der Waals surface area contributed by atoms with Crippen molar-refractivity contribution in [2.75, 3.05) is 0 Å². The van der Waals surface area contributed by atoms with Gasteiger partial charge >= 0.3 is 0 Å². The van der Waals surface area contributed by atoms with E-state index in [0.717, 1.165) is 0 Å². The molecule has 1 atom stereocenters. The first-order chi connectivity index (χ1) is 4.22. The van der Waals surface area contributed by atoms with Gasteiger partial charge in [0.15, 0.2) is 0 Å². The molecule has 0 saturated heterocycles. The second kappa shape index (κ2) is 2.26. The van der Waals surface area contributed by atoms with Crippen LogP contribution in [-0.2, 0) is 0 Å². The van der Waals surface area contributed by atoms with Crippen molar-refractivity contribution < 1.29 is 0 Å². The summed E-state index contributed by atoms with van der Waals surface area (Å²) in [5, 5.41) is 3.22. The van der Waals surface area contributed by atoms with Gasteiger partial charge in [-0.15, -0.1) is 0 Å². The first-order valence-corrected chi connectivity index (χ1v) is 3.32. The lowest BCUT2D eigenvalue weighted by Gasteiger charge is -2.18. The predicted octanol–water partition coefficient (Wildman–Crippen LogP) is 1.83. The van der Waals surface area contributed by atoms with E-state index in [9.17, 15) is 0 Å². The maximum absolute atomic E-state index is 3.22. The number of nitrogens with one attached hydrogen (secondary N) is 1. The summed E-state index contributed by atoms with van der Waals surface area (Å²) in [6, 6.07) is 0.523. The maximum Gasteiger partial charge on any atom is 0.0442 e. The number of rotatable bonds is 0.